The van der Waals surface area contributed by atoms with Gasteiger partial charge >= 0.3 is 6.09 Å². The number of sulfonamides is 1. The van der Waals surface area contributed by atoms with Crippen molar-refractivity contribution in [2.75, 3.05) is 13.1 Å². The number of hydrogen-bond donors (Lipinski definition) is 1. The minimum Gasteiger partial charge on any atom is -0.444 e. The number of carbonyl (C=O) groups is 1. The van der Waals surface area contributed by atoms with Crippen LogP contribution in [0.5, 0.6) is 0 Å². The third kappa shape index (κ3) is 6.66. The van der Waals surface area contributed by atoms with Crippen LogP contribution in [-0.4, -0.2) is 44.1 Å². The molecule has 1 saturated heterocycles. The van der Waals surface area contributed by atoms with Gasteiger partial charge in [0, 0.05) is 19.1 Å². The maximum Gasteiger partial charge on any atom is 0.410 e. The summed E-state index contributed by atoms with van der Waals surface area (Å²) >= 11 is 0. The first-order valence-corrected chi connectivity index (χ1v) is 10.2. The van der Waals surface area contributed by atoms with Crippen LogP contribution in [0.3, 0.4) is 0 Å². The van der Waals surface area contributed by atoms with Gasteiger partial charge in [-0.3, -0.25) is 0 Å². The lowest BCUT2D eigenvalue weighted by atomic mass is 10.1. The van der Waals surface area contributed by atoms with E-state index in [0.29, 0.717) is 19.5 Å². The van der Waals surface area contributed by atoms with Crippen LogP contribution in [0.4, 0.5) is 4.79 Å². The van der Waals surface area contributed by atoms with Gasteiger partial charge in [0.1, 0.15) is 5.60 Å². The SMILES string of the molecule is Cc1ccc(CS(=O)(=O)N[C@@H]2CCCN(C(=O)OC(C)(C)C)C2)cc1. The molecule has 1 N–H and O–H groups in total. The molecule has 0 saturated carbocycles. The average molecular weight is 368 g/mol. The molecule has 7 heteroatoms. The Labute approximate surface area is 150 Å². The number of hydrogen-bond acceptors (Lipinski definition) is 4. The first-order chi connectivity index (χ1) is 11.5. The monoisotopic (exact) mass is 368 g/mol. The number of piperidine rings is 1. The van der Waals surface area contributed by atoms with Gasteiger partial charge in [0.05, 0.1) is 5.75 Å². The molecule has 2 rings (SSSR count). The predicted molar refractivity (Wildman–Crippen MR) is 97.8 cm³/mol. The molecule has 1 aliphatic rings. The van der Waals surface area contributed by atoms with Crippen molar-refractivity contribution in [1.82, 2.24) is 9.62 Å². The smallest absolute Gasteiger partial charge is 0.410 e. The summed E-state index contributed by atoms with van der Waals surface area (Å²) in [4.78, 5) is 13.8. The lowest BCUT2D eigenvalue weighted by molar-refractivity contribution is 0.0195. The van der Waals surface area contributed by atoms with Crippen LogP contribution in [0.15, 0.2) is 24.3 Å². The molecule has 0 bridgehead atoms. The van der Waals surface area contributed by atoms with Crippen LogP contribution in [0, 0.1) is 6.92 Å². The van der Waals surface area contributed by atoms with Crippen molar-refractivity contribution >= 4 is 16.1 Å². The highest BCUT2D eigenvalue weighted by Crippen LogP contribution is 2.16. The van der Waals surface area contributed by atoms with Gasteiger partial charge < -0.3 is 9.64 Å². The molecule has 0 aromatic heterocycles. The first-order valence-electron chi connectivity index (χ1n) is 8.57. The highest BCUT2D eigenvalue weighted by Gasteiger charge is 2.29. The molecule has 6 nitrogen and oxygen atoms in total. The van der Waals surface area contributed by atoms with Crippen LogP contribution < -0.4 is 4.72 Å². The normalized spacial score (nSPS) is 18.9. The van der Waals surface area contributed by atoms with Crippen LogP contribution in [0.2, 0.25) is 0 Å². The van der Waals surface area contributed by atoms with Gasteiger partial charge in [-0.1, -0.05) is 29.8 Å². The zero-order valence-corrected chi connectivity index (χ0v) is 16.2. The van der Waals surface area contributed by atoms with Gasteiger partial charge in [0.25, 0.3) is 0 Å². The summed E-state index contributed by atoms with van der Waals surface area (Å²) in [5.74, 6) is -0.0593. The Hall–Kier alpha value is -1.60. The Bertz CT molecular complexity index is 693. The van der Waals surface area contributed by atoms with Crippen molar-refractivity contribution in [2.45, 2.75) is 57.9 Å². The molecule has 1 aromatic carbocycles. The summed E-state index contributed by atoms with van der Waals surface area (Å²) < 4.78 is 32.9. The van der Waals surface area contributed by atoms with Crippen molar-refractivity contribution in [3.8, 4) is 0 Å². The van der Waals surface area contributed by atoms with Crippen molar-refractivity contribution < 1.29 is 17.9 Å². The lowest BCUT2D eigenvalue weighted by Crippen LogP contribution is -2.50. The van der Waals surface area contributed by atoms with Gasteiger partial charge in [-0.2, -0.15) is 0 Å². The predicted octanol–water partition coefficient (Wildman–Crippen LogP) is 2.81. The van der Waals surface area contributed by atoms with Crippen LogP contribution in [-0.2, 0) is 20.5 Å². The highest BCUT2D eigenvalue weighted by molar-refractivity contribution is 7.88. The Morgan fingerprint density at radius 3 is 2.52 bits per heavy atom. The summed E-state index contributed by atoms with van der Waals surface area (Å²) in [6.45, 7) is 8.33. The maximum atomic E-state index is 12.4. The lowest BCUT2D eigenvalue weighted by Gasteiger charge is -2.34. The maximum absolute atomic E-state index is 12.4. The number of nitrogens with zero attached hydrogens (tertiary/aromatic N) is 1. The molecule has 1 fully saturated rings. The molecule has 0 unspecified atom stereocenters. The Balaban J connectivity index is 1.94. The number of carbonyl (C=O) groups excluding carboxylic acids is 1. The number of rotatable bonds is 4. The molecule has 140 valence electrons. The van der Waals surface area contributed by atoms with E-state index in [4.69, 9.17) is 4.74 Å². The van der Waals surface area contributed by atoms with Crippen molar-refractivity contribution in [2.24, 2.45) is 0 Å². The standard InChI is InChI=1S/C18H28N2O4S/c1-14-7-9-15(10-8-14)13-25(22,23)19-16-6-5-11-20(12-16)17(21)24-18(2,3)4/h7-10,16,19H,5-6,11-13H2,1-4H3/t16-/m1/s1. The fourth-order valence-corrected chi connectivity index (χ4v) is 4.18. The van der Waals surface area contributed by atoms with Gasteiger partial charge in [-0.25, -0.2) is 17.9 Å². The highest BCUT2D eigenvalue weighted by atomic mass is 32.2. The van der Waals surface area contributed by atoms with E-state index in [0.717, 1.165) is 17.5 Å². The molecule has 1 amide bonds. The van der Waals surface area contributed by atoms with Gasteiger partial charge in [-0.05, 0) is 46.1 Å². The molecule has 0 aliphatic carbocycles. The van der Waals surface area contributed by atoms with Gasteiger partial charge in [0.15, 0.2) is 0 Å². The fourth-order valence-electron chi connectivity index (χ4n) is 2.76. The second kappa shape index (κ2) is 7.74. The second-order valence-corrected chi connectivity index (χ2v) is 9.38. The quantitative estimate of drug-likeness (QED) is 0.887. The van der Waals surface area contributed by atoms with Crippen LogP contribution >= 0.6 is 0 Å². The molecule has 1 atom stereocenters. The van der Waals surface area contributed by atoms with E-state index in [2.05, 4.69) is 4.72 Å². The zero-order chi connectivity index (χ0) is 18.7. The molecule has 25 heavy (non-hydrogen) atoms. The largest absolute Gasteiger partial charge is 0.444 e. The zero-order valence-electron chi connectivity index (χ0n) is 15.4. The second-order valence-electron chi connectivity index (χ2n) is 7.63. The number of aryl methyl sites for hydroxylation is 1. The van der Waals surface area contributed by atoms with E-state index in [1.54, 1.807) is 4.90 Å². The summed E-state index contributed by atoms with van der Waals surface area (Å²) in [7, 11) is -3.46. The van der Waals surface area contributed by atoms with E-state index in [1.165, 1.54) is 0 Å². The van der Waals surface area contributed by atoms with Crippen LogP contribution in [0.25, 0.3) is 0 Å². The number of nitrogens with one attached hydrogen (secondary N) is 1. The van der Waals surface area contributed by atoms with Crippen molar-refractivity contribution in [3.05, 3.63) is 35.4 Å². The summed E-state index contributed by atoms with van der Waals surface area (Å²) in [5.41, 5.74) is 1.28. The van der Waals surface area contributed by atoms with E-state index < -0.39 is 21.7 Å². The minimum absolute atomic E-state index is 0.0593. The third-order valence-electron chi connectivity index (χ3n) is 3.90. The number of likely N-dealkylation sites (tertiary alicyclic amines) is 1. The third-order valence-corrected chi connectivity index (χ3v) is 5.30. The number of ether oxygens (including phenoxy) is 1. The number of amides is 1. The molecule has 1 heterocycles. The average Bonchev–Trinajstić information content (AvgIpc) is 2.47. The van der Waals surface area contributed by atoms with Crippen molar-refractivity contribution in [3.63, 3.8) is 0 Å². The number of benzene rings is 1. The summed E-state index contributed by atoms with van der Waals surface area (Å²) in [6.07, 6.45) is 1.07. The van der Waals surface area contributed by atoms with Crippen LogP contribution in [0.1, 0.15) is 44.7 Å². The van der Waals surface area contributed by atoms with E-state index in [9.17, 15) is 13.2 Å². The topological polar surface area (TPSA) is 75.7 Å². The summed E-state index contributed by atoms with van der Waals surface area (Å²) in [6, 6.07) is 7.16. The van der Waals surface area contributed by atoms with E-state index in [-0.39, 0.29) is 11.8 Å². The molecule has 1 aromatic rings. The molecular weight excluding hydrogens is 340 g/mol. The molecule has 0 radical (unpaired) electrons. The van der Waals surface area contributed by atoms with Gasteiger partial charge in [0.2, 0.25) is 10.0 Å². The first kappa shape index (κ1) is 19.7. The van der Waals surface area contributed by atoms with Crippen molar-refractivity contribution in [1.29, 1.82) is 0 Å². The molecule has 1 aliphatic heterocycles. The summed E-state index contributed by atoms with van der Waals surface area (Å²) in [5, 5.41) is 0. The van der Waals surface area contributed by atoms with Gasteiger partial charge in [-0.15, -0.1) is 0 Å². The molecular formula is C18H28N2O4S. The Morgan fingerprint density at radius 2 is 1.92 bits per heavy atom. The Kier molecular flexibility index (Phi) is 6.11. The van der Waals surface area contributed by atoms with E-state index >= 15 is 0 Å². The fraction of sp³-hybridized carbons (Fsp3) is 0.611. The molecule has 0 spiro atoms. The van der Waals surface area contributed by atoms with E-state index in [1.807, 2.05) is 52.0 Å². The Morgan fingerprint density at radius 1 is 1.28 bits per heavy atom. The minimum atomic E-state index is -3.46.